The van der Waals surface area contributed by atoms with Crippen LogP contribution in [0.1, 0.15) is 31.0 Å². The predicted molar refractivity (Wildman–Crippen MR) is 68.8 cm³/mol. The molecule has 0 bridgehead atoms. The fourth-order valence-electron chi connectivity index (χ4n) is 2.17. The Morgan fingerprint density at radius 2 is 2.06 bits per heavy atom. The maximum atomic E-state index is 11.8. The molecule has 1 aromatic carbocycles. The van der Waals surface area contributed by atoms with Crippen LogP contribution in [0.5, 0.6) is 0 Å². The Bertz CT molecular complexity index is 399. The van der Waals surface area contributed by atoms with Gasteiger partial charge in [0.15, 0.2) is 0 Å². The summed E-state index contributed by atoms with van der Waals surface area (Å²) in [5, 5.41) is 3.20. The summed E-state index contributed by atoms with van der Waals surface area (Å²) in [4.78, 5) is 11.8. The van der Waals surface area contributed by atoms with Gasteiger partial charge in [-0.15, -0.1) is 0 Å². The third-order valence-electron chi connectivity index (χ3n) is 3.10. The van der Waals surface area contributed by atoms with Crippen LogP contribution in [0.3, 0.4) is 0 Å². The van der Waals surface area contributed by atoms with Crippen molar-refractivity contribution in [1.82, 2.24) is 5.32 Å². The van der Waals surface area contributed by atoms with Gasteiger partial charge in [-0.25, -0.2) is 0 Å². The van der Waals surface area contributed by atoms with Crippen molar-refractivity contribution in [1.29, 1.82) is 0 Å². The highest BCUT2D eigenvalue weighted by Gasteiger charge is 2.37. The lowest BCUT2D eigenvalue weighted by Gasteiger charge is -2.32. The first-order valence-corrected chi connectivity index (χ1v) is 5.75. The van der Waals surface area contributed by atoms with Crippen LogP contribution in [0.4, 0.5) is 0 Å². The second-order valence-electron chi connectivity index (χ2n) is 4.85. The molecule has 0 saturated carbocycles. The molecular weight excluding hydrogens is 214 g/mol. The Labute approximate surface area is 103 Å². The fourth-order valence-corrected chi connectivity index (χ4v) is 2.17. The van der Waals surface area contributed by atoms with Crippen LogP contribution in [0.15, 0.2) is 24.3 Å². The highest BCUT2D eigenvalue weighted by atomic mass is 16.5. The van der Waals surface area contributed by atoms with Gasteiger partial charge >= 0.3 is 5.97 Å². The van der Waals surface area contributed by atoms with E-state index in [1.807, 2.05) is 46.0 Å². The minimum absolute atomic E-state index is 0.0603. The van der Waals surface area contributed by atoms with Gasteiger partial charge in [-0.1, -0.05) is 29.8 Å². The second kappa shape index (κ2) is 5.32. The molecule has 0 radical (unpaired) electrons. The van der Waals surface area contributed by atoms with Crippen LogP contribution in [0.25, 0.3) is 0 Å². The summed E-state index contributed by atoms with van der Waals surface area (Å²) in [6.45, 7) is 5.83. The highest BCUT2D eigenvalue weighted by molar-refractivity contribution is 5.77. The Kier molecular flexibility index (Phi) is 4.29. The molecule has 0 aliphatic heterocycles. The van der Waals surface area contributed by atoms with Gasteiger partial charge in [0.05, 0.1) is 12.5 Å². The Hall–Kier alpha value is -1.35. The Morgan fingerprint density at radius 1 is 1.41 bits per heavy atom. The highest BCUT2D eigenvalue weighted by Crippen LogP contribution is 2.34. The molecule has 94 valence electrons. The number of aryl methyl sites for hydroxylation is 1. The molecule has 0 aliphatic carbocycles. The first-order valence-electron chi connectivity index (χ1n) is 5.75. The summed E-state index contributed by atoms with van der Waals surface area (Å²) in [6, 6.07) is 8.10. The van der Waals surface area contributed by atoms with Gasteiger partial charge in [-0.2, -0.15) is 0 Å². The number of carbonyl (C=O) groups excluding carboxylic acids is 1. The molecule has 0 aromatic heterocycles. The fraction of sp³-hybridized carbons (Fsp3) is 0.500. The molecule has 1 N–H and O–H groups in total. The molecular formula is C14H21NO2. The largest absolute Gasteiger partial charge is 0.469 e. The van der Waals surface area contributed by atoms with Crippen molar-refractivity contribution in [2.45, 2.75) is 26.8 Å². The van der Waals surface area contributed by atoms with E-state index in [1.54, 1.807) is 0 Å². The van der Waals surface area contributed by atoms with Gasteiger partial charge in [-0.3, -0.25) is 4.79 Å². The summed E-state index contributed by atoms with van der Waals surface area (Å²) in [5.41, 5.74) is 1.68. The van der Waals surface area contributed by atoms with E-state index < -0.39 is 5.41 Å². The standard InChI is InChI=1S/C14H21NO2/c1-10-7-6-8-11(9-10)12(15-4)14(2,3)13(16)17-5/h6-9,12,15H,1-5H3. The lowest BCUT2D eigenvalue weighted by atomic mass is 9.80. The van der Waals surface area contributed by atoms with E-state index in [4.69, 9.17) is 4.74 Å². The molecule has 0 saturated heterocycles. The molecule has 1 atom stereocenters. The average Bonchev–Trinajstić information content (AvgIpc) is 2.28. The molecule has 0 aliphatic rings. The number of methoxy groups -OCH3 is 1. The van der Waals surface area contributed by atoms with E-state index >= 15 is 0 Å². The van der Waals surface area contributed by atoms with E-state index in [9.17, 15) is 4.79 Å². The minimum atomic E-state index is -0.600. The second-order valence-corrected chi connectivity index (χ2v) is 4.85. The number of esters is 1. The summed E-state index contributed by atoms with van der Waals surface area (Å²) >= 11 is 0. The van der Waals surface area contributed by atoms with Gasteiger partial charge in [0.1, 0.15) is 0 Å². The zero-order valence-corrected chi connectivity index (χ0v) is 11.2. The molecule has 1 aromatic rings. The lowest BCUT2D eigenvalue weighted by Crippen LogP contribution is -2.39. The van der Waals surface area contributed by atoms with Crippen LogP contribution in [0.2, 0.25) is 0 Å². The number of hydrogen-bond acceptors (Lipinski definition) is 3. The summed E-state index contributed by atoms with van der Waals surface area (Å²) in [6.07, 6.45) is 0. The van der Waals surface area contributed by atoms with Crippen LogP contribution in [0, 0.1) is 12.3 Å². The average molecular weight is 235 g/mol. The molecule has 0 fully saturated rings. The topological polar surface area (TPSA) is 38.3 Å². The third kappa shape index (κ3) is 2.86. The van der Waals surface area contributed by atoms with E-state index in [0.717, 1.165) is 5.56 Å². The number of hydrogen-bond donors (Lipinski definition) is 1. The van der Waals surface area contributed by atoms with Crippen LogP contribution < -0.4 is 5.32 Å². The van der Waals surface area contributed by atoms with E-state index in [1.165, 1.54) is 12.7 Å². The monoisotopic (exact) mass is 235 g/mol. The third-order valence-corrected chi connectivity index (χ3v) is 3.10. The molecule has 1 unspecified atom stereocenters. The zero-order valence-electron chi connectivity index (χ0n) is 11.2. The van der Waals surface area contributed by atoms with Crippen molar-refractivity contribution in [2.24, 2.45) is 5.41 Å². The molecule has 3 nitrogen and oxygen atoms in total. The van der Waals surface area contributed by atoms with E-state index in [0.29, 0.717) is 0 Å². The van der Waals surface area contributed by atoms with E-state index in [-0.39, 0.29) is 12.0 Å². The smallest absolute Gasteiger partial charge is 0.313 e. The predicted octanol–water partition coefficient (Wildman–Crippen LogP) is 2.45. The summed E-state index contributed by atoms with van der Waals surface area (Å²) in [5.74, 6) is -0.210. The Morgan fingerprint density at radius 3 is 2.53 bits per heavy atom. The number of ether oxygens (including phenoxy) is 1. The quantitative estimate of drug-likeness (QED) is 0.815. The van der Waals surface area contributed by atoms with Crippen molar-refractivity contribution < 1.29 is 9.53 Å². The summed E-state index contributed by atoms with van der Waals surface area (Å²) < 4.78 is 4.87. The van der Waals surface area contributed by atoms with Crippen molar-refractivity contribution >= 4 is 5.97 Å². The number of rotatable bonds is 4. The van der Waals surface area contributed by atoms with Gasteiger partial charge in [0.25, 0.3) is 0 Å². The van der Waals surface area contributed by atoms with E-state index in [2.05, 4.69) is 11.4 Å². The zero-order chi connectivity index (χ0) is 13.1. The van der Waals surface area contributed by atoms with Crippen LogP contribution >= 0.6 is 0 Å². The normalized spacial score (nSPS) is 13.2. The van der Waals surface area contributed by atoms with Gasteiger partial charge in [-0.05, 0) is 33.4 Å². The van der Waals surface area contributed by atoms with Crippen LogP contribution in [-0.4, -0.2) is 20.1 Å². The summed E-state index contributed by atoms with van der Waals surface area (Å²) in [7, 11) is 3.28. The molecule has 0 heterocycles. The van der Waals surface area contributed by atoms with Crippen molar-refractivity contribution in [3.05, 3.63) is 35.4 Å². The van der Waals surface area contributed by atoms with Crippen molar-refractivity contribution in [3.8, 4) is 0 Å². The van der Waals surface area contributed by atoms with Gasteiger partial charge in [0.2, 0.25) is 0 Å². The van der Waals surface area contributed by atoms with Gasteiger partial charge < -0.3 is 10.1 Å². The molecule has 1 rings (SSSR count). The number of nitrogens with one attached hydrogen (secondary N) is 1. The first-order chi connectivity index (χ1) is 7.93. The molecule has 3 heteroatoms. The molecule has 0 amide bonds. The minimum Gasteiger partial charge on any atom is -0.469 e. The molecule has 0 spiro atoms. The Balaban J connectivity index is 3.11. The van der Waals surface area contributed by atoms with Crippen molar-refractivity contribution in [3.63, 3.8) is 0 Å². The van der Waals surface area contributed by atoms with Crippen LogP contribution in [-0.2, 0) is 9.53 Å². The SMILES string of the molecule is CNC(c1cccc(C)c1)C(C)(C)C(=O)OC. The number of carbonyl (C=O) groups is 1. The maximum Gasteiger partial charge on any atom is 0.313 e. The maximum absolute atomic E-state index is 11.8. The van der Waals surface area contributed by atoms with Crippen molar-refractivity contribution in [2.75, 3.05) is 14.2 Å². The lowest BCUT2D eigenvalue weighted by molar-refractivity contribution is -0.152. The van der Waals surface area contributed by atoms with Gasteiger partial charge in [0, 0.05) is 6.04 Å². The number of benzene rings is 1. The molecule has 17 heavy (non-hydrogen) atoms. The first kappa shape index (κ1) is 13.7.